The molecule has 1 heterocycles. The van der Waals surface area contributed by atoms with E-state index in [1.807, 2.05) is 0 Å². The van der Waals surface area contributed by atoms with Crippen LogP contribution in [0.25, 0.3) is 0 Å². The van der Waals surface area contributed by atoms with E-state index in [0.29, 0.717) is 0 Å². The van der Waals surface area contributed by atoms with Crippen LogP contribution in [-0.4, -0.2) is 28.9 Å². The highest BCUT2D eigenvalue weighted by atomic mass is 16.6. The van der Waals surface area contributed by atoms with Gasteiger partial charge in [-0.05, 0) is 20.8 Å². The van der Waals surface area contributed by atoms with Gasteiger partial charge in [0.2, 0.25) is 0 Å². The summed E-state index contributed by atoms with van der Waals surface area (Å²) in [4.78, 5) is 10.8. The summed E-state index contributed by atoms with van der Waals surface area (Å²) in [5.41, 5.74) is -1.30. The van der Waals surface area contributed by atoms with Gasteiger partial charge in [-0.15, -0.1) is 0 Å². The van der Waals surface area contributed by atoms with Crippen LogP contribution in [0.5, 0.6) is 0 Å². The minimum Gasteiger partial charge on any atom is -0.441 e. The topological polar surface area (TPSA) is 58.6 Å². The third-order valence-corrected chi connectivity index (χ3v) is 2.37. The van der Waals surface area contributed by atoms with E-state index in [4.69, 9.17) is 9.84 Å². The molecule has 1 atom stereocenters. The minimum absolute atomic E-state index is 0.119. The van der Waals surface area contributed by atoms with Crippen LogP contribution in [0.2, 0.25) is 0 Å². The van der Waals surface area contributed by atoms with Gasteiger partial charge in [-0.3, -0.25) is 0 Å². The lowest BCUT2D eigenvalue weighted by atomic mass is 9.86. The van der Waals surface area contributed by atoms with Crippen LogP contribution in [0.3, 0.4) is 0 Å². The van der Waals surface area contributed by atoms with Gasteiger partial charge >= 0.3 is 6.09 Å². The number of hydrogen-bond donors (Lipinski definition) is 2. The molecule has 4 heteroatoms. The number of aliphatic hydroxyl groups excluding tert-OH is 1. The summed E-state index contributed by atoms with van der Waals surface area (Å²) in [6.07, 6.45) is -0.466. The first-order valence-electron chi connectivity index (χ1n) is 3.53. The fraction of sp³-hybridized carbons (Fsp3) is 0.857. The van der Waals surface area contributed by atoms with Gasteiger partial charge in [-0.1, -0.05) is 0 Å². The molecule has 1 fully saturated rings. The van der Waals surface area contributed by atoms with Crippen LogP contribution >= 0.6 is 0 Å². The molecule has 1 saturated heterocycles. The number of nitrogens with one attached hydrogen (secondary N) is 1. The van der Waals surface area contributed by atoms with Crippen molar-refractivity contribution >= 4 is 6.09 Å². The maximum atomic E-state index is 10.8. The average molecular weight is 159 g/mol. The van der Waals surface area contributed by atoms with Crippen LogP contribution in [0.1, 0.15) is 20.8 Å². The number of ether oxygens (including phenoxy) is 1. The predicted octanol–water partition coefficient (Wildman–Crippen LogP) is 0.256. The van der Waals surface area contributed by atoms with Crippen LogP contribution in [0.15, 0.2) is 0 Å². The normalized spacial score (nSPS) is 34.7. The SMILES string of the molecule is CC1(CO)NC(=O)OC1(C)C. The standard InChI is InChI=1S/C7H13NO3/c1-6(2)7(3,4-9)8-5(10)11-6/h9H,4H2,1-3H3,(H,8,10). The fourth-order valence-electron chi connectivity index (χ4n) is 0.976. The molecule has 1 aliphatic heterocycles. The Bertz CT molecular complexity index is 190. The summed E-state index contributed by atoms with van der Waals surface area (Å²) >= 11 is 0. The lowest BCUT2D eigenvalue weighted by molar-refractivity contribution is 0.0144. The lowest BCUT2D eigenvalue weighted by Gasteiger charge is -2.32. The summed E-state index contributed by atoms with van der Waals surface area (Å²) in [5, 5.41) is 11.5. The third-order valence-electron chi connectivity index (χ3n) is 2.37. The van der Waals surface area contributed by atoms with Crippen molar-refractivity contribution in [2.75, 3.05) is 6.61 Å². The Hall–Kier alpha value is -0.770. The maximum Gasteiger partial charge on any atom is 0.408 e. The number of cyclic esters (lactones) is 1. The highest BCUT2D eigenvalue weighted by Gasteiger charge is 2.51. The summed E-state index contributed by atoms with van der Waals surface area (Å²) in [7, 11) is 0. The van der Waals surface area contributed by atoms with E-state index in [1.54, 1.807) is 20.8 Å². The smallest absolute Gasteiger partial charge is 0.408 e. The number of alkyl carbamates (subject to hydrolysis) is 1. The molecular formula is C7H13NO3. The minimum atomic E-state index is -0.663. The van der Waals surface area contributed by atoms with Crippen LogP contribution in [0, 0.1) is 0 Å². The quantitative estimate of drug-likeness (QED) is 0.576. The molecule has 64 valence electrons. The van der Waals surface area contributed by atoms with Crippen molar-refractivity contribution < 1.29 is 14.6 Å². The van der Waals surface area contributed by atoms with Gasteiger partial charge in [0.15, 0.2) is 0 Å². The number of carbonyl (C=O) groups excluding carboxylic acids is 1. The number of rotatable bonds is 1. The second-order valence-electron chi connectivity index (χ2n) is 3.52. The Labute approximate surface area is 65.5 Å². The first-order chi connectivity index (χ1) is 4.91. The molecule has 1 amide bonds. The first kappa shape index (κ1) is 8.33. The van der Waals surface area contributed by atoms with Crippen molar-refractivity contribution in [2.24, 2.45) is 0 Å². The van der Waals surface area contributed by atoms with Crippen molar-refractivity contribution in [1.29, 1.82) is 0 Å². The molecule has 1 aliphatic rings. The Balaban J connectivity index is 2.89. The highest BCUT2D eigenvalue weighted by molar-refractivity contribution is 5.72. The van der Waals surface area contributed by atoms with Gasteiger partial charge in [0.25, 0.3) is 0 Å². The Kier molecular flexibility index (Phi) is 1.59. The van der Waals surface area contributed by atoms with E-state index < -0.39 is 17.2 Å². The monoisotopic (exact) mass is 159 g/mol. The number of aliphatic hydroxyl groups is 1. The second kappa shape index (κ2) is 2.11. The van der Waals surface area contributed by atoms with Crippen molar-refractivity contribution in [3.8, 4) is 0 Å². The van der Waals surface area contributed by atoms with E-state index >= 15 is 0 Å². The Morgan fingerprint density at radius 2 is 2.09 bits per heavy atom. The molecule has 0 saturated carbocycles. The van der Waals surface area contributed by atoms with Crippen molar-refractivity contribution in [2.45, 2.75) is 31.9 Å². The number of amides is 1. The molecule has 1 rings (SSSR count). The van der Waals surface area contributed by atoms with Gasteiger partial charge in [-0.2, -0.15) is 0 Å². The number of carbonyl (C=O) groups is 1. The maximum absolute atomic E-state index is 10.8. The van der Waals surface area contributed by atoms with E-state index in [2.05, 4.69) is 5.32 Å². The molecule has 0 aromatic carbocycles. The molecule has 0 radical (unpaired) electrons. The zero-order chi connectivity index (χ0) is 8.70. The average Bonchev–Trinajstić information content (AvgIpc) is 2.03. The van der Waals surface area contributed by atoms with E-state index in [-0.39, 0.29) is 6.61 Å². The Morgan fingerprint density at radius 3 is 2.27 bits per heavy atom. The van der Waals surface area contributed by atoms with Crippen molar-refractivity contribution in [1.82, 2.24) is 5.32 Å². The fourth-order valence-corrected chi connectivity index (χ4v) is 0.976. The molecule has 0 spiro atoms. The van der Waals surface area contributed by atoms with Crippen LogP contribution in [0.4, 0.5) is 4.79 Å². The zero-order valence-electron chi connectivity index (χ0n) is 6.97. The van der Waals surface area contributed by atoms with E-state index in [0.717, 1.165) is 0 Å². The molecule has 0 aliphatic carbocycles. The molecule has 2 N–H and O–H groups in total. The predicted molar refractivity (Wildman–Crippen MR) is 39.2 cm³/mol. The molecule has 4 nitrogen and oxygen atoms in total. The third kappa shape index (κ3) is 1.07. The summed E-state index contributed by atoms with van der Waals surface area (Å²) in [5.74, 6) is 0. The molecule has 0 aromatic heterocycles. The lowest BCUT2D eigenvalue weighted by Crippen LogP contribution is -2.54. The molecule has 0 aromatic rings. The molecular weight excluding hydrogens is 146 g/mol. The van der Waals surface area contributed by atoms with Crippen molar-refractivity contribution in [3.05, 3.63) is 0 Å². The summed E-state index contributed by atoms with van der Waals surface area (Å²) in [6.45, 7) is 5.16. The van der Waals surface area contributed by atoms with Gasteiger partial charge in [0, 0.05) is 0 Å². The van der Waals surface area contributed by atoms with E-state index in [9.17, 15) is 4.79 Å². The second-order valence-corrected chi connectivity index (χ2v) is 3.52. The highest BCUT2D eigenvalue weighted by Crippen LogP contribution is 2.30. The van der Waals surface area contributed by atoms with E-state index in [1.165, 1.54) is 0 Å². The van der Waals surface area contributed by atoms with Crippen LogP contribution in [-0.2, 0) is 4.74 Å². The molecule has 11 heavy (non-hydrogen) atoms. The summed E-state index contributed by atoms with van der Waals surface area (Å²) < 4.78 is 4.95. The zero-order valence-corrected chi connectivity index (χ0v) is 6.97. The molecule has 0 bridgehead atoms. The largest absolute Gasteiger partial charge is 0.441 e. The Morgan fingerprint density at radius 1 is 1.55 bits per heavy atom. The van der Waals surface area contributed by atoms with Gasteiger partial charge < -0.3 is 15.2 Å². The van der Waals surface area contributed by atoms with Crippen LogP contribution < -0.4 is 5.32 Å². The van der Waals surface area contributed by atoms with Crippen molar-refractivity contribution in [3.63, 3.8) is 0 Å². The molecule has 1 unspecified atom stereocenters. The van der Waals surface area contributed by atoms with Gasteiger partial charge in [0.1, 0.15) is 11.1 Å². The van der Waals surface area contributed by atoms with Gasteiger partial charge in [-0.25, -0.2) is 4.79 Å². The number of hydrogen-bond acceptors (Lipinski definition) is 3. The first-order valence-corrected chi connectivity index (χ1v) is 3.53. The van der Waals surface area contributed by atoms with Gasteiger partial charge in [0.05, 0.1) is 6.61 Å². The summed E-state index contributed by atoms with van der Waals surface area (Å²) in [6, 6.07) is 0.